The number of benzene rings is 3. The predicted molar refractivity (Wildman–Crippen MR) is 102 cm³/mol. The van der Waals surface area contributed by atoms with Crippen LogP contribution in [-0.2, 0) is 0 Å². The highest BCUT2D eigenvalue weighted by Gasteiger charge is 2.37. The number of aromatic carboxylic acids is 1. The van der Waals surface area contributed by atoms with Gasteiger partial charge in [0.1, 0.15) is 5.75 Å². The Morgan fingerprint density at radius 3 is 2.03 bits per heavy atom. The van der Waals surface area contributed by atoms with E-state index in [1.807, 2.05) is 0 Å². The highest BCUT2D eigenvalue weighted by molar-refractivity contribution is 6.34. The minimum atomic E-state index is -1.11. The van der Waals surface area contributed by atoms with Crippen molar-refractivity contribution in [2.45, 2.75) is 0 Å². The molecule has 3 aromatic carbocycles. The number of nitrogens with zero attached hydrogens (tertiary/aromatic N) is 1. The molecule has 0 unspecified atom stereocenters. The summed E-state index contributed by atoms with van der Waals surface area (Å²) in [6, 6.07) is 18.0. The number of ether oxygens (including phenoxy) is 1. The summed E-state index contributed by atoms with van der Waals surface area (Å²) >= 11 is 0. The summed E-state index contributed by atoms with van der Waals surface area (Å²) in [4.78, 5) is 49.8. The summed E-state index contributed by atoms with van der Waals surface area (Å²) in [6.07, 6.45) is 0. The van der Waals surface area contributed by atoms with Crippen LogP contribution >= 0.6 is 0 Å². The van der Waals surface area contributed by atoms with Gasteiger partial charge in [-0.3, -0.25) is 9.59 Å². The number of anilines is 1. The Balaban J connectivity index is 1.62. The van der Waals surface area contributed by atoms with Gasteiger partial charge in [-0.2, -0.15) is 0 Å². The molecule has 1 heterocycles. The Morgan fingerprint density at radius 2 is 1.38 bits per heavy atom. The van der Waals surface area contributed by atoms with Crippen molar-refractivity contribution in [2.75, 3.05) is 4.90 Å². The van der Waals surface area contributed by atoms with Crippen molar-refractivity contribution in [3.63, 3.8) is 0 Å². The van der Waals surface area contributed by atoms with Crippen LogP contribution in [0.1, 0.15) is 41.4 Å². The number of hydrogen-bond acceptors (Lipinski definition) is 5. The molecule has 0 saturated heterocycles. The van der Waals surface area contributed by atoms with Gasteiger partial charge >= 0.3 is 11.9 Å². The van der Waals surface area contributed by atoms with Crippen molar-refractivity contribution < 1.29 is 29.0 Å². The summed E-state index contributed by atoms with van der Waals surface area (Å²) in [5.74, 6) is -2.54. The van der Waals surface area contributed by atoms with Crippen molar-refractivity contribution in [3.8, 4) is 5.75 Å². The Kier molecular flexibility index (Phi) is 4.40. The second-order valence-electron chi connectivity index (χ2n) is 6.26. The molecule has 1 aliphatic heterocycles. The lowest BCUT2D eigenvalue weighted by Gasteiger charge is -2.13. The number of carbonyl (C=O) groups excluding carboxylic acids is 3. The van der Waals surface area contributed by atoms with E-state index in [9.17, 15) is 19.2 Å². The summed E-state index contributed by atoms with van der Waals surface area (Å²) in [7, 11) is 0. The van der Waals surface area contributed by atoms with Gasteiger partial charge in [-0.15, -0.1) is 0 Å². The topological polar surface area (TPSA) is 101 Å². The number of carboxylic acid groups (broad SMARTS) is 1. The van der Waals surface area contributed by atoms with Crippen LogP contribution in [0.2, 0.25) is 0 Å². The van der Waals surface area contributed by atoms with Crippen molar-refractivity contribution in [2.24, 2.45) is 0 Å². The summed E-state index contributed by atoms with van der Waals surface area (Å²) in [5.41, 5.74) is 0.663. The van der Waals surface area contributed by atoms with Crippen LogP contribution < -0.4 is 9.64 Å². The molecule has 0 bridgehead atoms. The van der Waals surface area contributed by atoms with Gasteiger partial charge < -0.3 is 9.84 Å². The van der Waals surface area contributed by atoms with Crippen molar-refractivity contribution in [1.29, 1.82) is 0 Å². The highest BCUT2D eigenvalue weighted by atomic mass is 16.5. The molecule has 0 fully saturated rings. The molecule has 1 N–H and O–H groups in total. The normalized spacial score (nSPS) is 12.6. The molecule has 29 heavy (non-hydrogen) atoms. The van der Waals surface area contributed by atoms with Gasteiger partial charge in [0.15, 0.2) is 0 Å². The number of esters is 1. The van der Waals surface area contributed by atoms with Crippen molar-refractivity contribution in [1.82, 2.24) is 0 Å². The van der Waals surface area contributed by atoms with Crippen molar-refractivity contribution >= 4 is 29.4 Å². The summed E-state index contributed by atoms with van der Waals surface area (Å²) in [6.45, 7) is 0. The molecule has 0 spiro atoms. The first-order chi connectivity index (χ1) is 14.0. The molecule has 142 valence electrons. The lowest BCUT2D eigenvalue weighted by molar-refractivity contribution is 0.0694. The molecule has 0 radical (unpaired) electrons. The third-order valence-electron chi connectivity index (χ3n) is 4.45. The number of amides is 2. The molecule has 2 amide bonds. The third kappa shape index (κ3) is 3.25. The fourth-order valence-corrected chi connectivity index (χ4v) is 3.01. The lowest BCUT2D eigenvalue weighted by atomic mass is 10.1. The number of carboxylic acids is 1. The molecule has 4 rings (SSSR count). The quantitative estimate of drug-likeness (QED) is 0.418. The Labute approximate surface area is 164 Å². The molecular formula is C22H13NO6. The molecule has 0 atom stereocenters. The van der Waals surface area contributed by atoms with Crippen LogP contribution in [-0.4, -0.2) is 28.9 Å². The molecule has 7 nitrogen and oxygen atoms in total. The summed E-state index contributed by atoms with van der Waals surface area (Å²) in [5, 5.41) is 8.98. The SMILES string of the molecule is O=C(O)c1ccc(N2C(=O)c3ccc(C(=O)Oc4ccccc4)cc3C2=O)cc1. The smallest absolute Gasteiger partial charge is 0.343 e. The molecule has 0 aromatic heterocycles. The minimum Gasteiger partial charge on any atom is -0.478 e. The van der Waals surface area contributed by atoms with E-state index >= 15 is 0 Å². The number of para-hydroxylation sites is 1. The first kappa shape index (κ1) is 18.1. The maximum absolute atomic E-state index is 12.8. The fourth-order valence-electron chi connectivity index (χ4n) is 3.01. The van der Waals surface area contributed by atoms with Gasteiger partial charge in [-0.25, -0.2) is 14.5 Å². The maximum atomic E-state index is 12.8. The highest BCUT2D eigenvalue weighted by Crippen LogP contribution is 2.29. The van der Waals surface area contributed by atoms with E-state index in [1.54, 1.807) is 30.3 Å². The molecule has 3 aromatic rings. The number of rotatable bonds is 4. The zero-order valence-corrected chi connectivity index (χ0v) is 14.9. The van der Waals surface area contributed by atoms with E-state index in [0.717, 1.165) is 4.90 Å². The van der Waals surface area contributed by atoms with Crippen LogP contribution in [0.15, 0.2) is 72.8 Å². The van der Waals surface area contributed by atoms with E-state index in [0.29, 0.717) is 5.75 Å². The third-order valence-corrected chi connectivity index (χ3v) is 4.45. The number of hydrogen-bond donors (Lipinski definition) is 1. The minimum absolute atomic E-state index is 0.0382. The van der Waals surface area contributed by atoms with Crippen LogP contribution in [0.4, 0.5) is 5.69 Å². The van der Waals surface area contributed by atoms with Gasteiger partial charge in [-0.05, 0) is 54.6 Å². The average Bonchev–Trinajstić information content (AvgIpc) is 2.98. The zero-order valence-electron chi connectivity index (χ0n) is 14.9. The standard InChI is InChI=1S/C22H13NO6/c24-19-17-11-8-14(22(28)29-16-4-2-1-3-5-16)12-18(17)20(25)23(19)15-9-6-13(7-10-15)21(26)27/h1-12H,(H,26,27). The molecule has 1 aliphatic rings. The summed E-state index contributed by atoms with van der Waals surface area (Å²) < 4.78 is 5.26. The van der Waals surface area contributed by atoms with E-state index in [2.05, 4.69) is 0 Å². The molecule has 0 aliphatic carbocycles. The first-order valence-corrected chi connectivity index (χ1v) is 8.59. The van der Waals surface area contributed by atoms with Gasteiger partial charge in [-0.1, -0.05) is 18.2 Å². The second kappa shape index (κ2) is 7.05. The molecule has 0 saturated carbocycles. The Morgan fingerprint density at radius 1 is 0.759 bits per heavy atom. The molecular weight excluding hydrogens is 374 g/mol. The second-order valence-corrected chi connectivity index (χ2v) is 6.26. The molecule has 7 heteroatoms. The van der Waals surface area contributed by atoms with Crippen LogP contribution in [0, 0.1) is 0 Å². The maximum Gasteiger partial charge on any atom is 0.343 e. The average molecular weight is 387 g/mol. The van der Waals surface area contributed by atoms with Gasteiger partial charge in [0.25, 0.3) is 11.8 Å². The van der Waals surface area contributed by atoms with Crippen LogP contribution in [0.3, 0.4) is 0 Å². The van der Waals surface area contributed by atoms with E-state index in [4.69, 9.17) is 9.84 Å². The van der Waals surface area contributed by atoms with E-state index < -0.39 is 23.8 Å². The van der Waals surface area contributed by atoms with Gasteiger partial charge in [0.2, 0.25) is 0 Å². The number of carbonyl (C=O) groups is 4. The Hall–Kier alpha value is -4.26. The monoisotopic (exact) mass is 387 g/mol. The largest absolute Gasteiger partial charge is 0.478 e. The van der Waals surface area contributed by atoms with Gasteiger partial charge in [0.05, 0.1) is 27.9 Å². The number of imide groups is 1. The van der Waals surface area contributed by atoms with Crippen LogP contribution in [0.25, 0.3) is 0 Å². The zero-order chi connectivity index (χ0) is 20.5. The van der Waals surface area contributed by atoms with Gasteiger partial charge in [0, 0.05) is 0 Å². The van der Waals surface area contributed by atoms with Crippen molar-refractivity contribution in [3.05, 3.63) is 95.1 Å². The van der Waals surface area contributed by atoms with E-state index in [-0.39, 0.29) is 27.9 Å². The predicted octanol–water partition coefficient (Wildman–Crippen LogP) is 3.40. The first-order valence-electron chi connectivity index (χ1n) is 8.59. The van der Waals surface area contributed by atoms with Crippen LogP contribution in [0.5, 0.6) is 5.75 Å². The van der Waals surface area contributed by atoms with E-state index in [1.165, 1.54) is 42.5 Å². The lowest BCUT2D eigenvalue weighted by Crippen LogP contribution is -2.29. The fraction of sp³-hybridized carbons (Fsp3) is 0. The Bertz CT molecular complexity index is 1150. The number of fused-ring (bicyclic) bond motifs is 1.